The molecule has 5 nitrogen and oxygen atoms in total. The summed E-state index contributed by atoms with van der Waals surface area (Å²) in [5.41, 5.74) is 1.05. The fourth-order valence-corrected chi connectivity index (χ4v) is 3.02. The molecule has 1 aliphatic rings. The number of likely N-dealkylation sites (tertiary alicyclic amines) is 1. The Morgan fingerprint density at radius 2 is 2.14 bits per heavy atom. The number of hydrogen-bond acceptors (Lipinski definition) is 4. The number of aromatic nitrogens is 3. The van der Waals surface area contributed by atoms with Gasteiger partial charge in [-0.1, -0.05) is 25.5 Å². The molecular formula is C16H31N5. The molecule has 0 aromatic carbocycles. The van der Waals surface area contributed by atoms with Crippen LogP contribution in [0.5, 0.6) is 0 Å². The molecule has 1 saturated heterocycles. The highest BCUT2D eigenvalue weighted by atomic mass is 15.4. The Balaban J connectivity index is 1.70. The van der Waals surface area contributed by atoms with Gasteiger partial charge in [-0.3, -0.25) is 4.68 Å². The molecule has 21 heavy (non-hydrogen) atoms. The van der Waals surface area contributed by atoms with Crippen molar-refractivity contribution < 1.29 is 0 Å². The maximum Gasteiger partial charge on any atom is 0.0964 e. The average molecular weight is 293 g/mol. The van der Waals surface area contributed by atoms with Crippen molar-refractivity contribution in [1.29, 1.82) is 0 Å². The Morgan fingerprint density at radius 1 is 1.24 bits per heavy atom. The number of hydrogen-bond donors (Lipinski definition) is 1. The van der Waals surface area contributed by atoms with Crippen molar-refractivity contribution in [3.05, 3.63) is 11.9 Å². The largest absolute Gasteiger partial charge is 0.311 e. The molecule has 2 rings (SSSR count). The van der Waals surface area contributed by atoms with Gasteiger partial charge in [0, 0.05) is 19.3 Å². The molecule has 1 fully saturated rings. The normalized spacial score (nSPS) is 20.6. The van der Waals surface area contributed by atoms with Gasteiger partial charge in [0.2, 0.25) is 0 Å². The molecule has 1 atom stereocenters. The van der Waals surface area contributed by atoms with E-state index >= 15 is 0 Å². The van der Waals surface area contributed by atoms with E-state index in [4.69, 9.17) is 0 Å². The van der Waals surface area contributed by atoms with Crippen molar-refractivity contribution >= 4 is 0 Å². The number of rotatable bonds is 8. The molecule has 1 aliphatic heterocycles. The fraction of sp³-hybridized carbons (Fsp3) is 0.875. The van der Waals surface area contributed by atoms with E-state index < -0.39 is 0 Å². The first-order chi connectivity index (χ1) is 10.3. The van der Waals surface area contributed by atoms with E-state index in [-0.39, 0.29) is 0 Å². The molecule has 0 saturated carbocycles. The third-order valence-corrected chi connectivity index (χ3v) is 4.48. The van der Waals surface area contributed by atoms with Crippen LogP contribution in [0.15, 0.2) is 6.20 Å². The number of nitrogens with one attached hydrogen (secondary N) is 1. The molecule has 5 heteroatoms. The van der Waals surface area contributed by atoms with Crippen LogP contribution in [0.1, 0.15) is 51.6 Å². The molecule has 0 amide bonds. The summed E-state index contributed by atoms with van der Waals surface area (Å²) < 4.78 is 1.99. The summed E-state index contributed by atoms with van der Waals surface area (Å²) in [4.78, 5) is 2.59. The van der Waals surface area contributed by atoms with Crippen molar-refractivity contribution in [2.75, 3.05) is 26.2 Å². The van der Waals surface area contributed by atoms with E-state index in [1.54, 1.807) is 0 Å². The lowest BCUT2D eigenvalue weighted by atomic mass is 9.98. The zero-order valence-corrected chi connectivity index (χ0v) is 13.7. The summed E-state index contributed by atoms with van der Waals surface area (Å²) >= 11 is 0. The van der Waals surface area contributed by atoms with Crippen LogP contribution in [-0.2, 0) is 13.1 Å². The summed E-state index contributed by atoms with van der Waals surface area (Å²) in [5, 5.41) is 11.8. The quantitative estimate of drug-likeness (QED) is 0.747. The van der Waals surface area contributed by atoms with Gasteiger partial charge < -0.3 is 10.2 Å². The van der Waals surface area contributed by atoms with Crippen LogP contribution in [0.4, 0.5) is 0 Å². The molecule has 1 N–H and O–H groups in total. The summed E-state index contributed by atoms with van der Waals surface area (Å²) in [6, 6.07) is 0. The molecule has 1 unspecified atom stereocenters. The van der Waals surface area contributed by atoms with E-state index in [2.05, 4.69) is 40.6 Å². The zero-order valence-electron chi connectivity index (χ0n) is 13.7. The minimum absolute atomic E-state index is 0.829. The topological polar surface area (TPSA) is 46.0 Å². The Labute approximate surface area is 129 Å². The van der Waals surface area contributed by atoms with Gasteiger partial charge in [0.25, 0.3) is 0 Å². The minimum Gasteiger partial charge on any atom is -0.311 e. The lowest BCUT2D eigenvalue weighted by Gasteiger charge is -2.19. The lowest BCUT2D eigenvalue weighted by molar-refractivity contribution is 0.263. The van der Waals surface area contributed by atoms with Crippen LogP contribution >= 0.6 is 0 Å². The summed E-state index contributed by atoms with van der Waals surface area (Å²) in [5.74, 6) is 0.942. The summed E-state index contributed by atoms with van der Waals surface area (Å²) in [7, 11) is 0. The van der Waals surface area contributed by atoms with Crippen molar-refractivity contribution in [3.63, 3.8) is 0 Å². The maximum absolute atomic E-state index is 4.23. The highest BCUT2D eigenvalue weighted by Crippen LogP contribution is 2.19. The Bertz CT molecular complexity index is 390. The van der Waals surface area contributed by atoms with Crippen molar-refractivity contribution in [2.45, 2.75) is 59.0 Å². The summed E-state index contributed by atoms with van der Waals surface area (Å²) in [6.45, 7) is 10.9. The van der Waals surface area contributed by atoms with E-state index in [9.17, 15) is 0 Å². The molecule has 0 radical (unpaired) electrons. The van der Waals surface area contributed by atoms with Crippen LogP contribution in [0, 0.1) is 5.92 Å². The van der Waals surface area contributed by atoms with Crippen LogP contribution in [-0.4, -0.2) is 46.1 Å². The number of nitrogens with zero attached hydrogens (tertiary/aromatic N) is 4. The van der Waals surface area contributed by atoms with E-state index in [0.29, 0.717) is 0 Å². The van der Waals surface area contributed by atoms with E-state index in [1.807, 2.05) is 4.68 Å². The van der Waals surface area contributed by atoms with Crippen LogP contribution in [0.25, 0.3) is 0 Å². The predicted molar refractivity (Wildman–Crippen MR) is 86.1 cm³/mol. The van der Waals surface area contributed by atoms with Crippen LogP contribution in [0.3, 0.4) is 0 Å². The highest BCUT2D eigenvalue weighted by molar-refractivity contribution is 4.91. The molecule has 2 heterocycles. The first-order valence-electron chi connectivity index (χ1n) is 8.64. The molecule has 0 bridgehead atoms. The summed E-state index contributed by atoms with van der Waals surface area (Å²) in [6.07, 6.45) is 8.69. The fourth-order valence-electron chi connectivity index (χ4n) is 3.02. The standard InChI is InChI=1S/C16H31N5/c1-3-8-17-13-16-14-21(19-18-16)12-11-20-9-5-6-15(4-2)7-10-20/h14-15,17H,3-13H2,1-2H3. The van der Waals surface area contributed by atoms with Crippen molar-refractivity contribution in [3.8, 4) is 0 Å². The lowest BCUT2D eigenvalue weighted by Crippen LogP contribution is -2.28. The molecule has 0 aliphatic carbocycles. The first-order valence-corrected chi connectivity index (χ1v) is 8.64. The Kier molecular flexibility index (Phi) is 7.16. The maximum atomic E-state index is 4.23. The first kappa shape index (κ1) is 16.4. The van der Waals surface area contributed by atoms with E-state index in [1.165, 1.54) is 38.8 Å². The monoisotopic (exact) mass is 293 g/mol. The second-order valence-corrected chi connectivity index (χ2v) is 6.20. The smallest absolute Gasteiger partial charge is 0.0964 e. The van der Waals surface area contributed by atoms with Gasteiger partial charge in [0.05, 0.1) is 12.2 Å². The van der Waals surface area contributed by atoms with Gasteiger partial charge in [0.15, 0.2) is 0 Å². The molecule has 1 aromatic heterocycles. The van der Waals surface area contributed by atoms with Gasteiger partial charge >= 0.3 is 0 Å². The SMILES string of the molecule is CCCNCc1cn(CCN2CCCC(CC)CC2)nn1. The van der Waals surface area contributed by atoms with Crippen molar-refractivity contribution in [1.82, 2.24) is 25.2 Å². The molecule has 1 aromatic rings. The second-order valence-electron chi connectivity index (χ2n) is 6.20. The Morgan fingerprint density at radius 3 is 2.95 bits per heavy atom. The van der Waals surface area contributed by atoms with Crippen molar-refractivity contribution in [2.24, 2.45) is 5.92 Å². The molecule has 0 spiro atoms. The average Bonchev–Trinajstić information content (AvgIpc) is 2.82. The van der Waals surface area contributed by atoms with Crippen LogP contribution < -0.4 is 5.32 Å². The van der Waals surface area contributed by atoms with Gasteiger partial charge in [-0.2, -0.15) is 0 Å². The minimum atomic E-state index is 0.829. The predicted octanol–water partition coefficient (Wildman–Crippen LogP) is 2.29. The third-order valence-electron chi connectivity index (χ3n) is 4.48. The van der Waals surface area contributed by atoms with Crippen LogP contribution in [0.2, 0.25) is 0 Å². The molecule has 120 valence electrons. The van der Waals surface area contributed by atoms with E-state index in [0.717, 1.165) is 44.2 Å². The van der Waals surface area contributed by atoms with Gasteiger partial charge in [0.1, 0.15) is 0 Å². The highest BCUT2D eigenvalue weighted by Gasteiger charge is 2.15. The second kappa shape index (κ2) is 9.15. The van der Waals surface area contributed by atoms with Gasteiger partial charge in [-0.05, 0) is 51.2 Å². The zero-order chi connectivity index (χ0) is 14.9. The Hall–Kier alpha value is -0.940. The van der Waals surface area contributed by atoms with Gasteiger partial charge in [-0.25, -0.2) is 0 Å². The third kappa shape index (κ3) is 5.75. The van der Waals surface area contributed by atoms with Gasteiger partial charge in [-0.15, -0.1) is 5.10 Å². The molecular weight excluding hydrogens is 262 g/mol.